The quantitative estimate of drug-likeness (QED) is 0.757. The average Bonchev–Trinajstić information content (AvgIpc) is 2.88. The highest BCUT2D eigenvalue weighted by Crippen LogP contribution is 2.35. The van der Waals surface area contributed by atoms with Crippen molar-refractivity contribution in [1.29, 1.82) is 0 Å². The van der Waals surface area contributed by atoms with Gasteiger partial charge in [0, 0.05) is 67.0 Å². The van der Waals surface area contributed by atoms with Crippen molar-refractivity contribution >= 4 is 22.5 Å². The number of aliphatic hydroxyl groups is 1. The van der Waals surface area contributed by atoms with E-state index in [1.54, 1.807) is 12.4 Å². The zero-order chi connectivity index (χ0) is 17.6. The smallest absolute Gasteiger partial charge is 0.0924 e. The fourth-order valence-electron chi connectivity index (χ4n) is 4.00. The largest absolute Gasteiger partial charge is 0.385 e. The highest BCUT2D eigenvalue weighted by molar-refractivity contribution is 6.31. The van der Waals surface area contributed by atoms with Gasteiger partial charge in [-0.3, -0.25) is 4.98 Å². The topological polar surface area (TPSA) is 50.1 Å². The van der Waals surface area contributed by atoms with Crippen LogP contribution in [0.5, 0.6) is 0 Å². The van der Waals surface area contributed by atoms with Gasteiger partial charge in [-0.05, 0) is 36.2 Å². The van der Waals surface area contributed by atoms with Gasteiger partial charge >= 0.3 is 0 Å². The van der Waals surface area contributed by atoms with E-state index in [0.29, 0.717) is 11.4 Å². The standard InChI is InChI=1S/C20H22ClN3O/c1-20(25,14-4-3-6-22-11-14)10-13-8-15(21)9-16-17-12-23-7-5-18(17)24(2)19(13)16/h3-4,6,8-9,11,23,25H,5,7,10,12H2,1-2H3. The lowest BCUT2D eigenvalue weighted by atomic mass is 9.89. The summed E-state index contributed by atoms with van der Waals surface area (Å²) in [5, 5.41) is 16.4. The Balaban J connectivity index is 1.86. The maximum absolute atomic E-state index is 11.1. The molecule has 2 aromatic heterocycles. The monoisotopic (exact) mass is 355 g/mol. The van der Waals surface area contributed by atoms with Crippen molar-refractivity contribution in [2.24, 2.45) is 7.05 Å². The molecule has 4 nitrogen and oxygen atoms in total. The molecule has 0 saturated heterocycles. The fourth-order valence-corrected chi connectivity index (χ4v) is 4.24. The van der Waals surface area contributed by atoms with Gasteiger partial charge in [0.05, 0.1) is 11.1 Å². The van der Waals surface area contributed by atoms with Crippen LogP contribution in [0, 0.1) is 0 Å². The second-order valence-corrected chi connectivity index (χ2v) is 7.50. The zero-order valence-corrected chi connectivity index (χ0v) is 15.3. The van der Waals surface area contributed by atoms with E-state index in [9.17, 15) is 5.11 Å². The Bertz CT molecular complexity index is 931. The molecule has 2 N–H and O–H groups in total. The maximum Gasteiger partial charge on any atom is 0.0924 e. The molecule has 0 saturated carbocycles. The Labute approximate surface area is 152 Å². The van der Waals surface area contributed by atoms with E-state index in [1.165, 1.54) is 22.2 Å². The summed E-state index contributed by atoms with van der Waals surface area (Å²) in [6.45, 7) is 3.69. The minimum atomic E-state index is -1.01. The number of hydrogen-bond acceptors (Lipinski definition) is 3. The molecule has 3 aromatic rings. The van der Waals surface area contributed by atoms with Gasteiger partial charge in [-0.25, -0.2) is 0 Å². The van der Waals surface area contributed by atoms with E-state index < -0.39 is 5.60 Å². The number of hydrogen-bond donors (Lipinski definition) is 2. The van der Waals surface area contributed by atoms with Gasteiger partial charge in [-0.2, -0.15) is 0 Å². The second kappa shape index (κ2) is 6.13. The summed E-state index contributed by atoms with van der Waals surface area (Å²) in [6.07, 6.45) is 4.94. The summed E-state index contributed by atoms with van der Waals surface area (Å²) in [5.74, 6) is 0. The number of nitrogens with one attached hydrogen (secondary N) is 1. The molecule has 1 aliphatic heterocycles. The Morgan fingerprint density at radius 1 is 1.40 bits per heavy atom. The van der Waals surface area contributed by atoms with Crippen molar-refractivity contribution in [2.75, 3.05) is 6.54 Å². The number of halogens is 1. The van der Waals surface area contributed by atoms with Crippen LogP contribution in [-0.2, 0) is 32.0 Å². The van der Waals surface area contributed by atoms with Crippen molar-refractivity contribution in [3.63, 3.8) is 0 Å². The molecule has 0 spiro atoms. The summed E-state index contributed by atoms with van der Waals surface area (Å²) in [7, 11) is 2.11. The molecule has 0 aliphatic carbocycles. The van der Waals surface area contributed by atoms with Crippen LogP contribution in [0.2, 0.25) is 5.02 Å². The van der Waals surface area contributed by atoms with E-state index in [2.05, 4.69) is 21.9 Å². The minimum absolute atomic E-state index is 0.486. The van der Waals surface area contributed by atoms with Crippen LogP contribution in [-0.4, -0.2) is 21.2 Å². The van der Waals surface area contributed by atoms with E-state index in [-0.39, 0.29) is 0 Å². The highest BCUT2D eigenvalue weighted by Gasteiger charge is 2.27. The first-order valence-corrected chi connectivity index (χ1v) is 8.97. The molecule has 130 valence electrons. The predicted molar refractivity (Wildman–Crippen MR) is 101 cm³/mol. The third-order valence-corrected chi connectivity index (χ3v) is 5.44. The lowest BCUT2D eigenvalue weighted by Gasteiger charge is -2.24. The van der Waals surface area contributed by atoms with Gasteiger partial charge in [-0.15, -0.1) is 0 Å². The molecule has 1 unspecified atom stereocenters. The third-order valence-electron chi connectivity index (χ3n) is 5.23. The first kappa shape index (κ1) is 16.6. The molecule has 1 atom stereocenters. The number of aryl methyl sites for hydroxylation is 1. The number of rotatable bonds is 3. The average molecular weight is 356 g/mol. The van der Waals surface area contributed by atoms with Crippen molar-refractivity contribution < 1.29 is 5.11 Å². The zero-order valence-electron chi connectivity index (χ0n) is 14.5. The molecule has 1 aliphatic rings. The molecule has 1 aromatic carbocycles. The van der Waals surface area contributed by atoms with E-state index in [1.807, 2.05) is 31.2 Å². The predicted octanol–water partition coefficient (Wildman–Crippen LogP) is 3.32. The Hall–Kier alpha value is -1.88. The first-order valence-electron chi connectivity index (χ1n) is 8.59. The normalized spacial score (nSPS) is 16.6. The first-order chi connectivity index (χ1) is 12.0. The van der Waals surface area contributed by atoms with Crippen LogP contribution in [0.3, 0.4) is 0 Å². The van der Waals surface area contributed by atoms with Crippen LogP contribution in [0.1, 0.15) is 29.3 Å². The lowest BCUT2D eigenvalue weighted by Crippen LogP contribution is -2.25. The fraction of sp³-hybridized carbons (Fsp3) is 0.350. The van der Waals surface area contributed by atoms with E-state index >= 15 is 0 Å². The van der Waals surface area contributed by atoms with Crippen molar-refractivity contribution in [2.45, 2.75) is 31.9 Å². The number of fused-ring (bicyclic) bond motifs is 3. The lowest BCUT2D eigenvalue weighted by molar-refractivity contribution is 0.0575. The van der Waals surface area contributed by atoms with Crippen molar-refractivity contribution in [3.8, 4) is 0 Å². The van der Waals surface area contributed by atoms with Crippen LogP contribution >= 0.6 is 11.6 Å². The number of aromatic nitrogens is 2. The van der Waals surface area contributed by atoms with Gasteiger partial charge < -0.3 is 15.0 Å². The Morgan fingerprint density at radius 3 is 3.00 bits per heavy atom. The molecule has 0 fully saturated rings. The van der Waals surface area contributed by atoms with Crippen LogP contribution in [0.25, 0.3) is 10.9 Å². The summed E-state index contributed by atoms with van der Waals surface area (Å²) in [6, 6.07) is 7.79. The minimum Gasteiger partial charge on any atom is -0.385 e. The van der Waals surface area contributed by atoms with E-state index in [4.69, 9.17) is 11.6 Å². The summed E-state index contributed by atoms with van der Waals surface area (Å²) >= 11 is 6.43. The van der Waals surface area contributed by atoms with Gasteiger partial charge in [-0.1, -0.05) is 17.7 Å². The molecular formula is C20H22ClN3O. The van der Waals surface area contributed by atoms with Crippen molar-refractivity contribution in [1.82, 2.24) is 14.9 Å². The van der Waals surface area contributed by atoms with Gasteiger partial charge in [0.15, 0.2) is 0 Å². The van der Waals surface area contributed by atoms with Gasteiger partial charge in [0.1, 0.15) is 0 Å². The van der Waals surface area contributed by atoms with Crippen molar-refractivity contribution in [3.05, 3.63) is 64.1 Å². The van der Waals surface area contributed by atoms with E-state index in [0.717, 1.165) is 30.6 Å². The molecule has 0 radical (unpaired) electrons. The SMILES string of the molecule is Cn1c2c(c3cc(Cl)cc(CC(C)(O)c4cccnc4)c31)CNCC2. The Kier molecular flexibility index (Phi) is 4.07. The molecule has 0 amide bonds. The second-order valence-electron chi connectivity index (χ2n) is 7.06. The summed E-state index contributed by atoms with van der Waals surface area (Å²) in [5.41, 5.74) is 4.72. The van der Waals surface area contributed by atoms with Crippen LogP contribution in [0.15, 0.2) is 36.7 Å². The number of nitrogens with zero attached hydrogens (tertiary/aromatic N) is 2. The molecule has 4 rings (SSSR count). The summed E-state index contributed by atoms with van der Waals surface area (Å²) in [4.78, 5) is 4.14. The molecule has 3 heterocycles. The highest BCUT2D eigenvalue weighted by atomic mass is 35.5. The Morgan fingerprint density at radius 2 is 2.24 bits per heavy atom. The summed E-state index contributed by atoms with van der Waals surface area (Å²) < 4.78 is 2.27. The van der Waals surface area contributed by atoms with Gasteiger partial charge in [0.25, 0.3) is 0 Å². The molecule has 0 bridgehead atoms. The number of benzene rings is 1. The maximum atomic E-state index is 11.1. The molecular weight excluding hydrogens is 334 g/mol. The van der Waals surface area contributed by atoms with Crippen LogP contribution in [0.4, 0.5) is 0 Å². The van der Waals surface area contributed by atoms with Gasteiger partial charge in [0.2, 0.25) is 0 Å². The molecule has 5 heteroatoms. The van der Waals surface area contributed by atoms with Crippen LogP contribution < -0.4 is 5.32 Å². The number of pyridine rings is 1. The third kappa shape index (κ3) is 2.84. The molecule has 25 heavy (non-hydrogen) atoms.